The molecule has 4 rings (SSSR count). The molecular formula is C22H23N3O2. The Bertz CT molecular complexity index is 944. The van der Waals surface area contributed by atoms with Crippen LogP contribution in [0.2, 0.25) is 0 Å². The van der Waals surface area contributed by atoms with Crippen LogP contribution in [0.5, 0.6) is 0 Å². The lowest BCUT2D eigenvalue weighted by Gasteiger charge is -2.16. The van der Waals surface area contributed by atoms with Gasteiger partial charge in [0.15, 0.2) is 5.78 Å². The van der Waals surface area contributed by atoms with Gasteiger partial charge in [-0.15, -0.1) is 0 Å². The maximum absolute atomic E-state index is 12.5. The largest absolute Gasteiger partial charge is 0.339 e. The number of nitrogens with two attached hydrogens (primary N) is 1. The van der Waals surface area contributed by atoms with Crippen molar-refractivity contribution in [1.82, 2.24) is 10.1 Å². The van der Waals surface area contributed by atoms with Crippen molar-refractivity contribution in [3.8, 4) is 11.4 Å². The summed E-state index contributed by atoms with van der Waals surface area (Å²) < 4.78 is 5.31. The summed E-state index contributed by atoms with van der Waals surface area (Å²) in [5.41, 5.74) is 11.0. The first-order valence-corrected chi connectivity index (χ1v) is 9.50. The summed E-state index contributed by atoms with van der Waals surface area (Å²) in [6.07, 6.45) is 5.47. The van der Waals surface area contributed by atoms with Gasteiger partial charge in [0, 0.05) is 30.5 Å². The zero-order chi connectivity index (χ0) is 18.6. The van der Waals surface area contributed by atoms with E-state index >= 15 is 0 Å². The number of hydrogen-bond donors (Lipinski definition) is 1. The molecule has 2 N–H and O–H groups in total. The van der Waals surface area contributed by atoms with Crippen LogP contribution in [-0.2, 0) is 25.8 Å². The molecule has 1 aliphatic carbocycles. The van der Waals surface area contributed by atoms with E-state index in [9.17, 15) is 4.79 Å². The molecule has 0 saturated heterocycles. The summed E-state index contributed by atoms with van der Waals surface area (Å²) >= 11 is 0. The fraction of sp³-hybridized carbons (Fsp3) is 0.318. The number of benzene rings is 2. The minimum Gasteiger partial charge on any atom is -0.339 e. The molecule has 3 aromatic rings. The van der Waals surface area contributed by atoms with Crippen LogP contribution in [0.25, 0.3) is 11.4 Å². The molecule has 0 amide bonds. The van der Waals surface area contributed by atoms with Gasteiger partial charge in [0.05, 0.1) is 0 Å². The van der Waals surface area contributed by atoms with Crippen molar-refractivity contribution in [1.29, 1.82) is 0 Å². The standard InChI is InChI=1S/C22H23N3O2/c23-14-15-5-7-17(8-6-15)22-24-21(27-25-22)12-11-20(26)19-10-9-16-3-1-2-4-18(16)13-19/h5-10,13H,1-4,11-12,14,23H2. The number of nitrogens with zero attached hydrogens (tertiary/aromatic N) is 2. The van der Waals surface area contributed by atoms with Gasteiger partial charge in [-0.3, -0.25) is 4.79 Å². The van der Waals surface area contributed by atoms with Gasteiger partial charge in [-0.05, 0) is 48.4 Å². The third-order valence-corrected chi connectivity index (χ3v) is 5.15. The van der Waals surface area contributed by atoms with E-state index in [4.69, 9.17) is 10.3 Å². The van der Waals surface area contributed by atoms with Crippen LogP contribution in [0.1, 0.15) is 52.2 Å². The van der Waals surface area contributed by atoms with E-state index in [1.807, 2.05) is 30.3 Å². The molecule has 1 aliphatic rings. The Balaban J connectivity index is 1.40. The lowest BCUT2D eigenvalue weighted by Crippen LogP contribution is -2.07. The van der Waals surface area contributed by atoms with Crippen molar-refractivity contribution in [3.05, 3.63) is 70.6 Å². The highest BCUT2D eigenvalue weighted by molar-refractivity contribution is 5.96. The van der Waals surface area contributed by atoms with Crippen LogP contribution in [0.15, 0.2) is 47.0 Å². The average molecular weight is 361 g/mol. The van der Waals surface area contributed by atoms with E-state index in [0.717, 1.165) is 29.5 Å². The lowest BCUT2D eigenvalue weighted by atomic mass is 9.89. The second-order valence-corrected chi connectivity index (χ2v) is 7.03. The van der Waals surface area contributed by atoms with Crippen LogP contribution in [0, 0.1) is 0 Å². The molecule has 0 radical (unpaired) electrons. The number of Topliss-reactive ketones (excluding diaryl/α,β-unsaturated/α-hetero) is 1. The number of aryl methyl sites for hydroxylation is 3. The minimum absolute atomic E-state index is 0.121. The van der Waals surface area contributed by atoms with E-state index in [1.165, 1.54) is 24.0 Å². The van der Waals surface area contributed by atoms with Crippen LogP contribution >= 0.6 is 0 Å². The van der Waals surface area contributed by atoms with Gasteiger partial charge in [-0.1, -0.05) is 41.6 Å². The average Bonchev–Trinajstić information content (AvgIpc) is 3.21. The number of carbonyl (C=O) groups is 1. The molecule has 0 fully saturated rings. The highest BCUT2D eigenvalue weighted by atomic mass is 16.5. The third-order valence-electron chi connectivity index (χ3n) is 5.15. The Morgan fingerprint density at radius 1 is 1.04 bits per heavy atom. The molecule has 138 valence electrons. The number of hydrogen-bond acceptors (Lipinski definition) is 5. The molecule has 1 aromatic heterocycles. The highest BCUT2D eigenvalue weighted by Gasteiger charge is 2.15. The lowest BCUT2D eigenvalue weighted by molar-refractivity contribution is 0.0979. The van der Waals surface area contributed by atoms with E-state index < -0.39 is 0 Å². The van der Waals surface area contributed by atoms with Crippen molar-refractivity contribution < 1.29 is 9.32 Å². The Morgan fingerprint density at radius 3 is 2.59 bits per heavy atom. The number of fused-ring (bicyclic) bond motifs is 1. The van der Waals surface area contributed by atoms with Crippen LogP contribution in [0.4, 0.5) is 0 Å². The van der Waals surface area contributed by atoms with Crippen molar-refractivity contribution >= 4 is 5.78 Å². The van der Waals surface area contributed by atoms with E-state index in [1.54, 1.807) is 0 Å². The summed E-state index contributed by atoms with van der Waals surface area (Å²) in [6.45, 7) is 0.503. The molecule has 5 heteroatoms. The molecule has 0 saturated carbocycles. The second-order valence-electron chi connectivity index (χ2n) is 7.03. The number of carbonyl (C=O) groups excluding carboxylic acids is 1. The molecule has 0 aliphatic heterocycles. The minimum atomic E-state index is 0.121. The maximum Gasteiger partial charge on any atom is 0.227 e. The van der Waals surface area contributed by atoms with Gasteiger partial charge in [-0.2, -0.15) is 4.98 Å². The summed E-state index contributed by atoms with van der Waals surface area (Å²) in [5, 5.41) is 4.02. The molecule has 0 atom stereocenters. The van der Waals surface area contributed by atoms with Gasteiger partial charge in [0.1, 0.15) is 0 Å². The van der Waals surface area contributed by atoms with E-state index in [2.05, 4.69) is 22.3 Å². The van der Waals surface area contributed by atoms with Crippen LogP contribution in [0.3, 0.4) is 0 Å². The Labute approximate surface area is 158 Å². The fourth-order valence-corrected chi connectivity index (χ4v) is 3.54. The van der Waals surface area contributed by atoms with E-state index in [0.29, 0.717) is 31.1 Å². The summed E-state index contributed by atoms with van der Waals surface area (Å²) in [4.78, 5) is 17.0. The summed E-state index contributed by atoms with van der Waals surface area (Å²) in [7, 11) is 0. The monoisotopic (exact) mass is 361 g/mol. The first-order valence-electron chi connectivity index (χ1n) is 9.50. The molecule has 27 heavy (non-hydrogen) atoms. The molecule has 2 aromatic carbocycles. The van der Waals surface area contributed by atoms with Crippen LogP contribution in [-0.4, -0.2) is 15.9 Å². The Kier molecular flexibility index (Phi) is 5.12. The second kappa shape index (κ2) is 7.84. The number of aromatic nitrogens is 2. The summed E-state index contributed by atoms with van der Waals surface area (Å²) in [5.74, 6) is 1.14. The summed E-state index contributed by atoms with van der Waals surface area (Å²) in [6, 6.07) is 13.9. The Morgan fingerprint density at radius 2 is 1.81 bits per heavy atom. The normalized spacial score (nSPS) is 13.4. The van der Waals surface area contributed by atoms with E-state index in [-0.39, 0.29) is 5.78 Å². The van der Waals surface area contributed by atoms with Crippen LogP contribution < -0.4 is 5.73 Å². The molecule has 0 bridgehead atoms. The maximum atomic E-state index is 12.5. The highest BCUT2D eigenvalue weighted by Crippen LogP contribution is 2.23. The van der Waals surface area contributed by atoms with Crippen molar-refractivity contribution in [2.75, 3.05) is 0 Å². The van der Waals surface area contributed by atoms with Gasteiger partial charge >= 0.3 is 0 Å². The first kappa shape index (κ1) is 17.6. The smallest absolute Gasteiger partial charge is 0.227 e. The predicted molar refractivity (Wildman–Crippen MR) is 103 cm³/mol. The third kappa shape index (κ3) is 3.98. The quantitative estimate of drug-likeness (QED) is 0.674. The van der Waals surface area contributed by atoms with Crippen molar-refractivity contribution in [3.63, 3.8) is 0 Å². The first-order chi connectivity index (χ1) is 13.2. The number of ketones is 1. The van der Waals surface area contributed by atoms with Gasteiger partial charge in [-0.25, -0.2) is 0 Å². The number of rotatable bonds is 6. The molecule has 1 heterocycles. The SMILES string of the molecule is NCc1ccc(-c2noc(CCC(=O)c3ccc4c(c3)CCCC4)n2)cc1. The Hall–Kier alpha value is -2.79. The predicted octanol–water partition coefficient (Wildman–Crippen LogP) is 3.89. The van der Waals surface area contributed by atoms with Gasteiger partial charge in [0.25, 0.3) is 0 Å². The molecule has 0 spiro atoms. The fourth-order valence-electron chi connectivity index (χ4n) is 3.54. The zero-order valence-corrected chi connectivity index (χ0v) is 15.3. The molecule has 0 unspecified atom stereocenters. The molecular weight excluding hydrogens is 338 g/mol. The van der Waals surface area contributed by atoms with Gasteiger partial charge in [0.2, 0.25) is 11.7 Å². The van der Waals surface area contributed by atoms with Crippen molar-refractivity contribution in [2.24, 2.45) is 5.73 Å². The molecule has 5 nitrogen and oxygen atoms in total. The topological polar surface area (TPSA) is 82.0 Å². The zero-order valence-electron chi connectivity index (χ0n) is 15.3. The van der Waals surface area contributed by atoms with Crippen molar-refractivity contribution in [2.45, 2.75) is 45.1 Å². The van der Waals surface area contributed by atoms with Gasteiger partial charge < -0.3 is 10.3 Å².